The van der Waals surface area contributed by atoms with Gasteiger partial charge in [-0.3, -0.25) is 9.78 Å². The molecule has 0 radical (unpaired) electrons. The zero-order valence-electron chi connectivity index (χ0n) is 14.6. The first-order chi connectivity index (χ1) is 11.7. The molecule has 1 atom stereocenters. The predicted molar refractivity (Wildman–Crippen MR) is 93.8 cm³/mol. The van der Waals surface area contributed by atoms with Gasteiger partial charge in [-0.15, -0.1) is 0 Å². The standard InChI is InChI=1S/C19H26N4O/c1-3-10-23-15(2)13-21-18(23)12-16-5-4-11-22(14-16)19(24)17-6-8-20-9-7-17/h6-9,13,16H,3-5,10-12,14H2,1-2H3. The molecule has 1 fully saturated rings. The van der Waals surface area contributed by atoms with Crippen molar-refractivity contribution in [2.75, 3.05) is 13.1 Å². The third kappa shape index (κ3) is 3.66. The fraction of sp³-hybridized carbons (Fsp3) is 0.526. The van der Waals surface area contributed by atoms with Crippen molar-refractivity contribution in [3.8, 4) is 0 Å². The Morgan fingerprint density at radius 3 is 2.88 bits per heavy atom. The van der Waals surface area contributed by atoms with E-state index in [1.165, 1.54) is 5.69 Å². The lowest BCUT2D eigenvalue weighted by molar-refractivity contribution is 0.0671. The molecule has 0 saturated carbocycles. The highest BCUT2D eigenvalue weighted by Crippen LogP contribution is 2.22. The van der Waals surface area contributed by atoms with E-state index in [1.54, 1.807) is 24.5 Å². The molecule has 2 aromatic heterocycles. The number of carbonyl (C=O) groups excluding carboxylic acids is 1. The van der Waals surface area contributed by atoms with Gasteiger partial charge in [-0.2, -0.15) is 0 Å². The summed E-state index contributed by atoms with van der Waals surface area (Å²) in [5, 5.41) is 0. The fourth-order valence-corrected chi connectivity index (χ4v) is 3.55. The minimum atomic E-state index is 0.121. The van der Waals surface area contributed by atoms with Crippen molar-refractivity contribution >= 4 is 5.91 Å². The molecule has 3 rings (SSSR count). The number of carbonyl (C=O) groups is 1. The highest BCUT2D eigenvalue weighted by Gasteiger charge is 2.25. The zero-order chi connectivity index (χ0) is 16.9. The summed E-state index contributed by atoms with van der Waals surface area (Å²) in [6, 6.07) is 3.59. The number of likely N-dealkylation sites (tertiary alicyclic amines) is 1. The van der Waals surface area contributed by atoms with E-state index in [9.17, 15) is 4.79 Å². The van der Waals surface area contributed by atoms with Gasteiger partial charge in [-0.05, 0) is 44.2 Å². The van der Waals surface area contributed by atoms with E-state index in [1.807, 2.05) is 11.1 Å². The van der Waals surface area contributed by atoms with Gasteiger partial charge in [0.25, 0.3) is 5.91 Å². The topological polar surface area (TPSA) is 51.0 Å². The second-order valence-electron chi connectivity index (χ2n) is 6.67. The molecule has 0 aromatic carbocycles. The Labute approximate surface area is 143 Å². The maximum atomic E-state index is 12.6. The Balaban J connectivity index is 1.67. The van der Waals surface area contributed by atoms with Crippen LogP contribution >= 0.6 is 0 Å². The molecule has 1 amide bonds. The van der Waals surface area contributed by atoms with Crippen LogP contribution < -0.4 is 0 Å². The molecule has 1 aliphatic heterocycles. The van der Waals surface area contributed by atoms with Crippen molar-refractivity contribution in [3.63, 3.8) is 0 Å². The van der Waals surface area contributed by atoms with E-state index in [0.717, 1.165) is 56.7 Å². The first kappa shape index (κ1) is 16.7. The lowest BCUT2D eigenvalue weighted by Crippen LogP contribution is -2.40. The number of piperidine rings is 1. The van der Waals surface area contributed by atoms with Crippen LogP contribution in [0, 0.1) is 12.8 Å². The number of imidazole rings is 1. The highest BCUT2D eigenvalue weighted by molar-refractivity contribution is 5.94. The number of aryl methyl sites for hydroxylation is 1. The number of aromatic nitrogens is 3. The molecule has 3 heterocycles. The molecule has 0 N–H and O–H groups in total. The molecule has 1 unspecified atom stereocenters. The molecule has 5 heteroatoms. The number of nitrogens with zero attached hydrogens (tertiary/aromatic N) is 4. The summed E-state index contributed by atoms with van der Waals surface area (Å²) < 4.78 is 2.32. The van der Waals surface area contributed by atoms with E-state index in [0.29, 0.717) is 5.92 Å². The maximum absolute atomic E-state index is 12.6. The summed E-state index contributed by atoms with van der Waals surface area (Å²) in [6.45, 7) is 7.00. The molecular formula is C19H26N4O. The average Bonchev–Trinajstić information content (AvgIpc) is 2.96. The van der Waals surface area contributed by atoms with Crippen molar-refractivity contribution in [2.24, 2.45) is 5.92 Å². The summed E-state index contributed by atoms with van der Waals surface area (Å²) >= 11 is 0. The monoisotopic (exact) mass is 326 g/mol. The molecule has 24 heavy (non-hydrogen) atoms. The SMILES string of the molecule is CCCn1c(C)cnc1CC1CCCN(C(=O)c2ccncc2)C1. The Bertz CT molecular complexity index is 680. The van der Waals surface area contributed by atoms with Gasteiger partial charge in [0, 0.05) is 55.9 Å². The van der Waals surface area contributed by atoms with Gasteiger partial charge < -0.3 is 9.47 Å². The lowest BCUT2D eigenvalue weighted by atomic mass is 9.94. The molecule has 128 valence electrons. The summed E-state index contributed by atoms with van der Waals surface area (Å²) in [5.41, 5.74) is 1.96. The van der Waals surface area contributed by atoms with E-state index in [2.05, 4.69) is 28.4 Å². The van der Waals surface area contributed by atoms with Gasteiger partial charge in [0.2, 0.25) is 0 Å². The largest absolute Gasteiger partial charge is 0.338 e. The summed E-state index contributed by atoms with van der Waals surface area (Å²) in [5.74, 6) is 1.77. The molecule has 0 bridgehead atoms. The number of rotatable bonds is 5. The third-order valence-electron chi connectivity index (χ3n) is 4.79. The van der Waals surface area contributed by atoms with Gasteiger partial charge in [0.1, 0.15) is 5.82 Å². The number of amides is 1. The Hall–Kier alpha value is -2.17. The van der Waals surface area contributed by atoms with Crippen molar-refractivity contribution in [1.29, 1.82) is 0 Å². The Kier molecular flexibility index (Phi) is 5.28. The fourth-order valence-electron chi connectivity index (χ4n) is 3.55. The van der Waals surface area contributed by atoms with Crippen LogP contribution in [-0.2, 0) is 13.0 Å². The first-order valence-corrected chi connectivity index (χ1v) is 8.89. The van der Waals surface area contributed by atoms with Crippen LogP contribution in [-0.4, -0.2) is 38.4 Å². The lowest BCUT2D eigenvalue weighted by Gasteiger charge is -2.33. The van der Waals surface area contributed by atoms with Gasteiger partial charge in [0.05, 0.1) is 0 Å². The van der Waals surface area contributed by atoms with E-state index in [-0.39, 0.29) is 5.91 Å². The van der Waals surface area contributed by atoms with Gasteiger partial charge >= 0.3 is 0 Å². The normalized spacial score (nSPS) is 17.9. The quantitative estimate of drug-likeness (QED) is 0.848. The second-order valence-corrected chi connectivity index (χ2v) is 6.67. The van der Waals surface area contributed by atoms with Gasteiger partial charge in [0.15, 0.2) is 0 Å². The smallest absolute Gasteiger partial charge is 0.253 e. The van der Waals surface area contributed by atoms with Gasteiger partial charge in [-0.1, -0.05) is 6.92 Å². The first-order valence-electron chi connectivity index (χ1n) is 8.89. The molecule has 0 spiro atoms. The van der Waals surface area contributed by atoms with Crippen LogP contribution in [0.15, 0.2) is 30.7 Å². The zero-order valence-corrected chi connectivity index (χ0v) is 14.6. The van der Waals surface area contributed by atoms with Crippen LogP contribution in [0.1, 0.15) is 48.1 Å². The number of hydrogen-bond acceptors (Lipinski definition) is 3. The summed E-state index contributed by atoms with van der Waals surface area (Å²) in [4.78, 5) is 23.2. The molecule has 1 saturated heterocycles. The Morgan fingerprint density at radius 2 is 2.12 bits per heavy atom. The highest BCUT2D eigenvalue weighted by atomic mass is 16.2. The molecule has 2 aromatic rings. The predicted octanol–water partition coefficient (Wildman–Crippen LogP) is 3.09. The Morgan fingerprint density at radius 1 is 1.33 bits per heavy atom. The maximum Gasteiger partial charge on any atom is 0.253 e. The van der Waals surface area contributed by atoms with Crippen molar-refractivity contribution in [1.82, 2.24) is 19.4 Å². The average molecular weight is 326 g/mol. The van der Waals surface area contributed by atoms with Crippen molar-refractivity contribution in [2.45, 2.75) is 46.1 Å². The summed E-state index contributed by atoms with van der Waals surface area (Å²) in [7, 11) is 0. The third-order valence-corrected chi connectivity index (χ3v) is 4.79. The molecular weight excluding hydrogens is 300 g/mol. The van der Waals surface area contributed by atoms with Crippen LogP contribution in [0.2, 0.25) is 0 Å². The van der Waals surface area contributed by atoms with Crippen molar-refractivity contribution in [3.05, 3.63) is 47.8 Å². The van der Waals surface area contributed by atoms with Crippen LogP contribution in [0.3, 0.4) is 0 Å². The van der Waals surface area contributed by atoms with E-state index in [4.69, 9.17) is 0 Å². The minimum Gasteiger partial charge on any atom is -0.338 e. The van der Waals surface area contributed by atoms with Gasteiger partial charge in [-0.25, -0.2) is 4.98 Å². The molecule has 0 aliphatic carbocycles. The minimum absolute atomic E-state index is 0.121. The van der Waals surface area contributed by atoms with Crippen molar-refractivity contribution < 1.29 is 4.79 Å². The molecule has 5 nitrogen and oxygen atoms in total. The second kappa shape index (κ2) is 7.60. The van der Waals surface area contributed by atoms with Crippen LogP contribution in [0.25, 0.3) is 0 Å². The molecule has 1 aliphatic rings. The summed E-state index contributed by atoms with van der Waals surface area (Å²) in [6.07, 6.45) is 9.62. The number of hydrogen-bond donors (Lipinski definition) is 0. The van der Waals surface area contributed by atoms with Crippen LogP contribution in [0.5, 0.6) is 0 Å². The van der Waals surface area contributed by atoms with E-state index >= 15 is 0 Å². The van der Waals surface area contributed by atoms with Crippen LogP contribution in [0.4, 0.5) is 0 Å². The number of pyridine rings is 1. The van der Waals surface area contributed by atoms with E-state index < -0.39 is 0 Å².